The molecule has 0 aliphatic rings. The van der Waals surface area contributed by atoms with Gasteiger partial charge in [0.25, 0.3) is 0 Å². The maximum absolute atomic E-state index is 13.0. The third-order valence-corrected chi connectivity index (χ3v) is 4.64. The number of carbonyl (C=O) groups is 2. The number of anilines is 1. The Bertz CT molecular complexity index is 1010. The van der Waals surface area contributed by atoms with Gasteiger partial charge in [-0.25, -0.2) is 19.0 Å². The van der Waals surface area contributed by atoms with Crippen LogP contribution < -0.4 is 5.32 Å². The summed E-state index contributed by atoms with van der Waals surface area (Å²) >= 11 is 12.2. The number of halogens is 3. The van der Waals surface area contributed by atoms with E-state index in [9.17, 15) is 4.39 Å². The number of imidazole rings is 1. The molecular formula is C19H16Cl2FN3O4. The predicted octanol–water partition coefficient (Wildman–Crippen LogP) is 4.30. The van der Waals surface area contributed by atoms with Gasteiger partial charge >= 0.3 is 11.9 Å². The average molecular weight is 440 g/mol. The van der Waals surface area contributed by atoms with Gasteiger partial charge in [-0.15, -0.1) is 0 Å². The van der Waals surface area contributed by atoms with Gasteiger partial charge in [-0.1, -0.05) is 35.3 Å². The molecular weight excluding hydrogens is 424 g/mol. The standard InChI is InChI=1S/C17H14Cl2FN3.C2H2O4/c1-23-15(11-5-7-13(20)8-6-11)10-22-17(23)21-9-12-3-2-4-14(18)16(12)19;3-1(4)2(5)6/h2-8,10H,9H2,1H3,(H,21,22);(H,3,4)(H,5,6). The highest BCUT2D eigenvalue weighted by molar-refractivity contribution is 6.42. The van der Waals surface area contributed by atoms with E-state index in [1.165, 1.54) is 12.1 Å². The zero-order valence-electron chi connectivity index (χ0n) is 15.1. The van der Waals surface area contributed by atoms with Crippen LogP contribution in [0.3, 0.4) is 0 Å². The Hall–Kier alpha value is -3.10. The lowest BCUT2D eigenvalue weighted by Crippen LogP contribution is -2.09. The molecule has 7 nitrogen and oxygen atoms in total. The molecule has 0 unspecified atom stereocenters. The van der Waals surface area contributed by atoms with Crippen molar-refractivity contribution in [2.45, 2.75) is 6.54 Å². The van der Waals surface area contributed by atoms with Crippen LogP contribution in [-0.2, 0) is 23.2 Å². The molecule has 0 saturated heterocycles. The molecule has 0 saturated carbocycles. The van der Waals surface area contributed by atoms with Crippen LogP contribution in [-0.4, -0.2) is 31.7 Å². The van der Waals surface area contributed by atoms with Gasteiger partial charge in [0.2, 0.25) is 5.95 Å². The monoisotopic (exact) mass is 439 g/mol. The third-order valence-electron chi connectivity index (χ3n) is 3.78. The second-order valence-electron chi connectivity index (χ2n) is 5.71. The summed E-state index contributed by atoms with van der Waals surface area (Å²) < 4.78 is 14.9. The number of nitrogens with one attached hydrogen (secondary N) is 1. The molecule has 3 rings (SSSR count). The summed E-state index contributed by atoms with van der Waals surface area (Å²) in [6, 6.07) is 11.8. The summed E-state index contributed by atoms with van der Waals surface area (Å²) in [6.45, 7) is 0.507. The Morgan fingerprint density at radius 1 is 1.10 bits per heavy atom. The number of nitrogens with zero attached hydrogens (tertiary/aromatic N) is 2. The van der Waals surface area contributed by atoms with Gasteiger partial charge in [0.1, 0.15) is 5.82 Å². The molecule has 3 aromatic rings. The lowest BCUT2D eigenvalue weighted by molar-refractivity contribution is -0.159. The first-order chi connectivity index (χ1) is 13.7. The van der Waals surface area contributed by atoms with E-state index in [1.807, 2.05) is 23.7 Å². The number of aromatic nitrogens is 2. The normalized spacial score (nSPS) is 10.1. The van der Waals surface area contributed by atoms with E-state index in [0.717, 1.165) is 16.8 Å². The van der Waals surface area contributed by atoms with Crippen molar-refractivity contribution in [1.29, 1.82) is 0 Å². The minimum atomic E-state index is -1.82. The van der Waals surface area contributed by atoms with Crippen molar-refractivity contribution in [2.24, 2.45) is 7.05 Å². The average Bonchev–Trinajstić information content (AvgIpc) is 3.04. The number of carboxylic acids is 2. The molecule has 10 heteroatoms. The number of benzene rings is 2. The highest BCUT2D eigenvalue weighted by atomic mass is 35.5. The van der Waals surface area contributed by atoms with E-state index in [-0.39, 0.29) is 5.82 Å². The highest BCUT2D eigenvalue weighted by Gasteiger charge is 2.10. The largest absolute Gasteiger partial charge is 0.473 e. The maximum Gasteiger partial charge on any atom is 0.414 e. The summed E-state index contributed by atoms with van der Waals surface area (Å²) in [5.74, 6) is -3.21. The first-order valence-electron chi connectivity index (χ1n) is 8.11. The number of hydrogen-bond donors (Lipinski definition) is 3. The first kappa shape index (κ1) is 22.2. The van der Waals surface area contributed by atoms with Crippen molar-refractivity contribution in [2.75, 3.05) is 5.32 Å². The van der Waals surface area contributed by atoms with Crippen molar-refractivity contribution < 1.29 is 24.2 Å². The van der Waals surface area contributed by atoms with Crippen molar-refractivity contribution in [1.82, 2.24) is 9.55 Å². The molecule has 1 heterocycles. The van der Waals surface area contributed by atoms with Crippen LogP contribution in [0.5, 0.6) is 0 Å². The predicted molar refractivity (Wildman–Crippen MR) is 108 cm³/mol. The molecule has 0 atom stereocenters. The zero-order valence-corrected chi connectivity index (χ0v) is 16.6. The van der Waals surface area contributed by atoms with Gasteiger partial charge in [-0.2, -0.15) is 0 Å². The second kappa shape index (κ2) is 9.90. The van der Waals surface area contributed by atoms with E-state index >= 15 is 0 Å². The summed E-state index contributed by atoms with van der Waals surface area (Å²) in [4.78, 5) is 22.6. The van der Waals surface area contributed by atoms with Gasteiger partial charge in [0, 0.05) is 19.2 Å². The topological polar surface area (TPSA) is 104 Å². The molecule has 152 valence electrons. The number of rotatable bonds is 4. The maximum atomic E-state index is 13.0. The van der Waals surface area contributed by atoms with Crippen molar-refractivity contribution >= 4 is 41.1 Å². The lowest BCUT2D eigenvalue weighted by atomic mass is 10.2. The fraction of sp³-hybridized carbons (Fsp3) is 0.105. The molecule has 29 heavy (non-hydrogen) atoms. The number of aliphatic carboxylic acids is 2. The van der Waals surface area contributed by atoms with Crippen molar-refractivity contribution in [3.8, 4) is 11.3 Å². The molecule has 0 bridgehead atoms. The minimum absolute atomic E-state index is 0.259. The molecule has 0 aliphatic carbocycles. The Balaban J connectivity index is 0.000000438. The molecule has 0 aliphatic heterocycles. The van der Waals surface area contributed by atoms with Gasteiger partial charge in [-0.3, -0.25) is 0 Å². The van der Waals surface area contributed by atoms with Crippen LogP contribution >= 0.6 is 23.2 Å². The van der Waals surface area contributed by atoms with E-state index in [2.05, 4.69) is 10.3 Å². The Morgan fingerprint density at radius 3 is 2.31 bits per heavy atom. The summed E-state index contributed by atoms with van der Waals surface area (Å²) in [5, 5.41) is 19.1. The molecule has 3 N–H and O–H groups in total. The highest BCUT2D eigenvalue weighted by Crippen LogP contribution is 2.27. The smallest absolute Gasteiger partial charge is 0.414 e. The third kappa shape index (κ3) is 5.94. The van der Waals surface area contributed by atoms with E-state index in [0.29, 0.717) is 22.5 Å². The second-order valence-corrected chi connectivity index (χ2v) is 6.49. The van der Waals surface area contributed by atoms with Crippen LogP contribution in [0.25, 0.3) is 11.3 Å². The van der Waals surface area contributed by atoms with Gasteiger partial charge in [-0.05, 0) is 35.9 Å². The number of carboxylic acid groups (broad SMARTS) is 2. The molecule has 2 aromatic carbocycles. The number of hydrogen-bond acceptors (Lipinski definition) is 4. The summed E-state index contributed by atoms with van der Waals surface area (Å²) in [6.07, 6.45) is 1.75. The van der Waals surface area contributed by atoms with E-state index < -0.39 is 11.9 Å². The quantitative estimate of drug-likeness (QED) is 0.523. The molecule has 0 fully saturated rings. The van der Waals surface area contributed by atoms with Gasteiger partial charge in [0.15, 0.2) is 0 Å². The first-order valence-corrected chi connectivity index (χ1v) is 8.87. The lowest BCUT2D eigenvalue weighted by Gasteiger charge is -2.10. The van der Waals surface area contributed by atoms with Crippen molar-refractivity contribution in [3.05, 3.63) is 70.1 Å². The van der Waals surface area contributed by atoms with E-state index in [4.69, 9.17) is 43.0 Å². The van der Waals surface area contributed by atoms with Gasteiger partial charge in [0.05, 0.1) is 21.9 Å². The molecule has 0 spiro atoms. The summed E-state index contributed by atoms with van der Waals surface area (Å²) in [7, 11) is 1.90. The zero-order chi connectivity index (χ0) is 21.6. The summed E-state index contributed by atoms with van der Waals surface area (Å²) in [5.41, 5.74) is 2.69. The molecule has 1 aromatic heterocycles. The Kier molecular flexibility index (Phi) is 7.58. The van der Waals surface area contributed by atoms with Crippen LogP contribution in [0, 0.1) is 5.82 Å². The SMILES string of the molecule is Cn1c(-c2ccc(F)cc2)cnc1NCc1cccc(Cl)c1Cl.O=C(O)C(=O)O. The van der Waals surface area contributed by atoms with Crippen LogP contribution in [0.4, 0.5) is 10.3 Å². The fourth-order valence-corrected chi connectivity index (χ4v) is 2.71. The van der Waals surface area contributed by atoms with Crippen LogP contribution in [0.2, 0.25) is 10.0 Å². The Morgan fingerprint density at radius 2 is 1.72 bits per heavy atom. The van der Waals surface area contributed by atoms with E-state index in [1.54, 1.807) is 24.4 Å². The van der Waals surface area contributed by atoms with Crippen molar-refractivity contribution in [3.63, 3.8) is 0 Å². The van der Waals surface area contributed by atoms with Gasteiger partial charge < -0.3 is 20.1 Å². The van der Waals surface area contributed by atoms with Crippen LogP contribution in [0.1, 0.15) is 5.56 Å². The minimum Gasteiger partial charge on any atom is -0.473 e. The molecule has 0 amide bonds. The Labute approximate surface area is 175 Å². The molecule has 0 radical (unpaired) electrons. The fourth-order valence-electron chi connectivity index (χ4n) is 2.32. The van der Waals surface area contributed by atoms with Crippen LogP contribution in [0.15, 0.2) is 48.7 Å².